The SMILES string of the molecule is N#Cc1ccnc(CC2(F)CCNCC2)c1. The Bertz CT molecular complexity index is 405. The van der Waals surface area contributed by atoms with Gasteiger partial charge in [-0.1, -0.05) is 0 Å². The first-order valence-corrected chi connectivity index (χ1v) is 5.47. The Balaban J connectivity index is 2.10. The van der Waals surface area contributed by atoms with Gasteiger partial charge in [0.2, 0.25) is 0 Å². The van der Waals surface area contributed by atoms with Crippen molar-refractivity contribution in [3.63, 3.8) is 0 Å². The van der Waals surface area contributed by atoms with E-state index in [-0.39, 0.29) is 0 Å². The average Bonchev–Trinajstić information content (AvgIpc) is 2.29. The molecule has 1 aliphatic rings. The quantitative estimate of drug-likeness (QED) is 0.821. The second kappa shape index (κ2) is 4.58. The van der Waals surface area contributed by atoms with Crippen molar-refractivity contribution in [3.8, 4) is 6.07 Å². The molecule has 1 aliphatic heterocycles. The lowest BCUT2D eigenvalue weighted by Gasteiger charge is -2.29. The lowest BCUT2D eigenvalue weighted by Crippen LogP contribution is -2.40. The van der Waals surface area contributed by atoms with Crippen LogP contribution in [0.4, 0.5) is 4.39 Å². The second-order valence-electron chi connectivity index (χ2n) is 4.23. The van der Waals surface area contributed by atoms with Crippen LogP contribution in [0, 0.1) is 11.3 Å². The molecule has 16 heavy (non-hydrogen) atoms. The maximum absolute atomic E-state index is 14.3. The van der Waals surface area contributed by atoms with E-state index in [1.54, 1.807) is 18.3 Å². The molecule has 0 amide bonds. The molecule has 1 aromatic rings. The van der Waals surface area contributed by atoms with E-state index < -0.39 is 5.67 Å². The summed E-state index contributed by atoms with van der Waals surface area (Å²) >= 11 is 0. The monoisotopic (exact) mass is 219 g/mol. The molecule has 0 saturated carbocycles. The average molecular weight is 219 g/mol. The molecule has 1 fully saturated rings. The van der Waals surface area contributed by atoms with Gasteiger partial charge < -0.3 is 5.32 Å². The fourth-order valence-corrected chi connectivity index (χ4v) is 2.02. The van der Waals surface area contributed by atoms with Gasteiger partial charge in [0.05, 0.1) is 11.6 Å². The molecular weight excluding hydrogens is 205 g/mol. The molecule has 0 radical (unpaired) electrons. The molecular formula is C12H14FN3. The Morgan fingerprint density at radius 2 is 2.25 bits per heavy atom. The Kier molecular flexibility index (Phi) is 3.16. The van der Waals surface area contributed by atoms with Gasteiger partial charge in [-0.15, -0.1) is 0 Å². The minimum Gasteiger partial charge on any atom is -0.316 e. The Labute approximate surface area is 94.3 Å². The lowest BCUT2D eigenvalue weighted by atomic mass is 9.89. The lowest BCUT2D eigenvalue weighted by molar-refractivity contribution is 0.115. The summed E-state index contributed by atoms with van der Waals surface area (Å²) in [6.45, 7) is 1.43. The zero-order valence-corrected chi connectivity index (χ0v) is 9.04. The first kappa shape index (κ1) is 11.0. The molecule has 1 N–H and O–H groups in total. The van der Waals surface area contributed by atoms with Crippen LogP contribution >= 0.6 is 0 Å². The molecule has 0 unspecified atom stereocenters. The van der Waals surface area contributed by atoms with Crippen molar-refractivity contribution in [1.29, 1.82) is 5.26 Å². The Morgan fingerprint density at radius 3 is 2.94 bits per heavy atom. The van der Waals surface area contributed by atoms with Crippen LogP contribution < -0.4 is 5.32 Å². The third-order valence-electron chi connectivity index (χ3n) is 2.94. The molecule has 4 heteroatoms. The largest absolute Gasteiger partial charge is 0.316 e. The summed E-state index contributed by atoms with van der Waals surface area (Å²) in [4.78, 5) is 4.12. The van der Waals surface area contributed by atoms with Crippen molar-refractivity contribution >= 4 is 0 Å². The van der Waals surface area contributed by atoms with E-state index in [4.69, 9.17) is 5.26 Å². The summed E-state index contributed by atoms with van der Waals surface area (Å²) in [6, 6.07) is 5.35. The summed E-state index contributed by atoms with van der Waals surface area (Å²) in [5.41, 5.74) is 0.0535. The molecule has 1 saturated heterocycles. The molecule has 0 atom stereocenters. The summed E-state index contributed by atoms with van der Waals surface area (Å²) in [5.74, 6) is 0. The van der Waals surface area contributed by atoms with Crippen LogP contribution in [0.5, 0.6) is 0 Å². The van der Waals surface area contributed by atoms with Crippen molar-refractivity contribution in [1.82, 2.24) is 10.3 Å². The second-order valence-corrected chi connectivity index (χ2v) is 4.23. The topological polar surface area (TPSA) is 48.7 Å². The smallest absolute Gasteiger partial charge is 0.119 e. The van der Waals surface area contributed by atoms with E-state index in [2.05, 4.69) is 10.3 Å². The normalized spacial score (nSPS) is 19.0. The van der Waals surface area contributed by atoms with Gasteiger partial charge in [-0.3, -0.25) is 4.98 Å². The van der Waals surface area contributed by atoms with E-state index in [0.717, 1.165) is 0 Å². The maximum Gasteiger partial charge on any atom is 0.119 e. The van der Waals surface area contributed by atoms with E-state index in [9.17, 15) is 4.39 Å². The van der Waals surface area contributed by atoms with Crippen molar-refractivity contribution in [2.75, 3.05) is 13.1 Å². The van der Waals surface area contributed by atoms with E-state index in [0.29, 0.717) is 43.6 Å². The molecule has 3 nitrogen and oxygen atoms in total. The van der Waals surface area contributed by atoms with E-state index in [1.807, 2.05) is 6.07 Å². The zero-order valence-electron chi connectivity index (χ0n) is 9.04. The summed E-state index contributed by atoms with van der Waals surface area (Å²) in [5, 5.41) is 11.9. The van der Waals surface area contributed by atoms with Gasteiger partial charge in [0, 0.05) is 18.3 Å². The number of nitrogens with zero attached hydrogens (tertiary/aromatic N) is 2. The fourth-order valence-electron chi connectivity index (χ4n) is 2.02. The number of aromatic nitrogens is 1. The number of pyridine rings is 1. The highest BCUT2D eigenvalue weighted by atomic mass is 19.1. The van der Waals surface area contributed by atoms with Gasteiger partial charge in [-0.25, -0.2) is 4.39 Å². The van der Waals surface area contributed by atoms with Crippen LogP contribution in [0.25, 0.3) is 0 Å². The summed E-state index contributed by atoms with van der Waals surface area (Å²) in [7, 11) is 0. The van der Waals surface area contributed by atoms with Crippen LogP contribution in [0.3, 0.4) is 0 Å². The van der Waals surface area contributed by atoms with Crippen molar-refractivity contribution in [3.05, 3.63) is 29.6 Å². The highest BCUT2D eigenvalue weighted by Gasteiger charge is 2.32. The fraction of sp³-hybridized carbons (Fsp3) is 0.500. The van der Waals surface area contributed by atoms with Crippen LogP contribution in [-0.2, 0) is 6.42 Å². The summed E-state index contributed by atoms with van der Waals surface area (Å²) < 4.78 is 14.3. The van der Waals surface area contributed by atoms with Crippen LogP contribution in [0.15, 0.2) is 18.3 Å². The van der Waals surface area contributed by atoms with Crippen molar-refractivity contribution in [2.45, 2.75) is 24.9 Å². The van der Waals surface area contributed by atoms with Crippen molar-refractivity contribution in [2.24, 2.45) is 0 Å². The first-order valence-electron chi connectivity index (χ1n) is 5.47. The highest BCUT2D eigenvalue weighted by molar-refractivity contribution is 5.29. The third-order valence-corrected chi connectivity index (χ3v) is 2.94. The first-order chi connectivity index (χ1) is 7.72. The predicted molar refractivity (Wildman–Crippen MR) is 58.6 cm³/mol. The van der Waals surface area contributed by atoms with Crippen LogP contribution in [-0.4, -0.2) is 23.7 Å². The van der Waals surface area contributed by atoms with Crippen LogP contribution in [0.1, 0.15) is 24.1 Å². The standard InChI is InChI=1S/C12H14FN3/c13-12(2-5-15-6-3-12)8-11-7-10(9-14)1-4-16-11/h1,4,7,15H,2-3,5-6,8H2. The molecule has 0 spiro atoms. The zero-order chi connectivity index (χ0) is 11.4. The van der Waals surface area contributed by atoms with Gasteiger partial charge >= 0.3 is 0 Å². The number of piperidine rings is 1. The predicted octanol–water partition coefficient (Wildman–Crippen LogP) is 1.59. The number of hydrogen-bond donors (Lipinski definition) is 1. The number of rotatable bonds is 2. The number of nitrogens with one attached hydrogen (secondary N) is 1. The van der Waals surface area contributed by atoms with E-state index >= 15 is 0 Å². The number of halogens is 1. The number of hydrogen-bond acceptors (Lipinski definition) is 3. The number of alkyl halides is 1. The molecule has 2 heterocycles. The minimum atomic E-state index is -1.16. The highest BCUT2D eigenvalue weighted by Crippen LogP contribution is 2.27. The molecule has 0 aliphatic carbocycles. The van der Waals surface area contributed by atoms with Gasteiger partial charge in [-0.2, -0.15) is 5.26 Å². The number of nitriles is 1. The van der Waals surface area contributed by atoms with Crippen molar-refractivity contribution < 1.29 is 4.39 Å². The third kappa shape index (κ3) is 2.56. The van der Waals surface area contributed by atoms with Gasteiger partial charge in [0.1, 0.15) is 5.67 Å². The van der Waals surface area contributed by atoms with Gasteiger partial charge in [0.25, 0.3) is 0 Å². The molecule has 0 bridgehead atoms. The molecule has 2 rings (SSSR count). The van der Waals surface area contributed by atoms with Crippen LogP contribution in [0.2, 0.25) is 0 Å². The summed E-state index contributed by atoms with van der Waals surface area (Å²) in [6.07, 6.45) is 2.92. The minimum absolute atomic E-state index is 0.310. The van der Waals surface area contributed by atoms with E-state index in [1.165, 1.54) is 0 Å². The van der Waals surface area contributed by atoms with Gasteiger partial charge in [0.15, 0.2) is 0 Å². The Morgan fingerprint density at radius 1 is 1.50 bits per heavy atom. The molecule has 1 aromatic heterocycles. The maximum atomic E-state index is 14.3. The molecule has 84 valence electrons. The molecule has 0 aromatic carbocycles. The Hall–Kier alpha value is -1.47. The van der Waals surface area contributed by atoms with Gasteiger partial charge in [-0.05, 0) is 38.1 Å².